The second-order valence-electron chi connectivity index (χ2n) is 5.96. The fourth-order valence-electron chi connectivity index (χ4n) is 2.65. The van der Waals surface area contributed by atoms with Gasteiger partial charge in [-0.2, -0.15) is 5.10 Å². The highest BCUT2D eigenvalue weighted by Gasteiger charge is 2.26. The lowest BCUT2D eigenvalue weighted by atomic mass is 9.75. The minimum absolute atomic E-state index is 0.559. The van der Waals surface area contributed by atoms with E-state index in [0.717, 1.165) is 13.1 Å². The molecule has 0 aliphatic heterocycles. The minimum Gasteiger partial charge on any atom is -0.308 e. The summed E-state index contributed by atoms with van der Waals surface area (Å²) in [4.78, 5) is 0. The predicted molar refractivity (Wildman–Crippen MR) is 70.8 cm³/mol. The molecule has 0 amide bonds. The highest BCUT2D eigenvalue weighted by molar-refractivity contribution is 5.00. The highest BCUT2D eigenvalue weighted by Crippen LogP contribution is 2.34. The molecule has 2 rings (SSSR count). The van der Waals surface area contributed by atoms with Crippen molar-refractivity contribution >= 4 is 0 Å². The molecule has 17 heavy (non-hydrogen) atoms. The number of hydrogen-bond donors (Lipinski definition) is 1. The number of aryl methyl sites for hydroxylation is 1. The van der Waals surface area contributed by atoms with Crippen LogP contribution in [0.2, 0.25) is 0 Å². The molecule has 1 heterocycles. The number of aromatic nitrogens is 2. The van der Waals surface area contributed by atoms with Gasteiger partial charge >= 0.3 is 0 Å². The van der Waals surface area contributed by atoms with Gasteiger partial charge in [-0.25, -0.2) is 0 Å². The number of nitrogens with one attached hydrogen (secondary N) is 1. The van der Waals surface area contributed by atoms with Gasteiger partial charge in [0.15, 0.2) is 0 Å². The summed E-state index contributed by atoms with van der Waals surface area (Å²) in [6.07, 6.45) is 7.21. The van der Waals surface area contributed by atoms with Crippen LogP contribution in [0.4, 0.5) is 0 Å². The van der Waals surface area contributed by atoms with E-state index in [4.69, 9.17) is 0 Å². The molecule has 3 nitrogen and oxygen atoms in total. The van der Waals surface area contributed by atoms with Gasteiger partial charge in [0.25, 0.3) is 0 Å². The van der Waals surface area contributed by atoms with Gasteiger partial charge in [-0.1, -0.05) is 13.8 Å². The van der Waals surface area contributed by atoms with Crippen molar-refractivity contribution in [1.82, 2.24) is 15.1 Å². The normalized spacial score (nSPS) is 20.6. The topological polar surface area (TPSA) is 29.9 Å². The van der Waals surface area contributed by atoms with E-state index in [0.29, 0.717) is 11.5 Å². The molecule has 0 bridgehead atoms. The summed E-state index contributed by atoms with van der Waals surface area (Å²) >= 11 is 0. The SMILES string of the molecule is CCn1nccc1CNC1CCC(C)(C)CC1. The van der Waals surface area contributed by atoms with E-state index in [1.54, 1.807) is 0 Å². The zero-order chi connectivity index (χ0) is 12.3. The lowest BCUT2D eigenvalue weighted by molar-refractivity contribution is 0.205. The van der Waals surface area contributed by atoms with Crippen molar-refractivity contribution in [2.24, 2.45) is 5.41 Å². The summed E-state index contributed by atoms with van der Waals surface area (Å²) in [5.74, 6) is 0. The molecule has 3 heteroatoms. The van der Waals surface area contributed by atoms with Crippen molar-refractivity contribution in [2.45, 2.75) is 65.6 Å². The molecule has 96 valence electrons. The van der Waals surface area contributed by atoms with Crippen LogP contribution in [0.15, 0.2) is 12.3 Å². The molecule has 0 atom stereocenters. The quantitative estimate of drug-likeness (QED) is 0.869. The molecule has 0 unspecified atom stereocenters. The van der Waals surface area contributed by atoms with Crippen LogP contribution in [0.1, 0.15) is 52.1 Å². The summed E-state index contributed by atoms with van der Waals surface area (Å²) in [5, 5.41) is 7.97. The molecule has 1 aliphatic rings. The van der Waals surface area contributed by atoms with Crippen molar-refractivity contribution in [3.05, 3.63) is 18.0 Å². The third kappa shape index (κ3) is 3.32. The van der Waals surface area contributed by atoms with Gasteiger partial charge in [0.1, 0.15) is 0 Å². The Balaban J connectivity index is 1.80. The Labute approximate surface area is 105 Å². The first-order valence-electron chi connectivity index (χ1n) is 6.85. The fraction of sp³-hybridized carbons (Fsp3) is 0.786. The van der Waals surface area contributed by atoms with Gasteiger partial charge in [0, 0.05) is 25.3 Å². The van der Waals surface area contributed by atoms with Gasteiger partial charge in [0.2, 0.25) is 0 Å². The maximum absolute atomic E-state index is 4.30. The average molecular weight is 235 g/mol. The first kappa shape index (κ1) is 12.6. The standard InChI is InChI=1S/C14H25N3/c1-4-17-13(7-10-16-17)11-15-12-5-8-14(2,3)9-6-12/h7,10,12,15H,4-6,8-9,11H2,1-3H3. The zero-order valence-corrected chi connectivity index (χ0v) is 11.4. The summed E-state index contributed by atoms with van der Waals surface area (Å²) in [5.41, 5.74) is 1.86. The molecule has 0 spiro atoms. The first-order chi connectivity index (χ1) is 8.11. The van der Waals surface area contributed by atoms with Crippen LogP contribution in [0.3, 0.4) is 0 Å². The molecule has 1 aromatic heterocycles. The number of hydrogen-bond acceptors (Lipinski definition) is 2. The molecule has 1 saturated carbocycles. The van der Waals surface area contributed by atoms with E-state index in [2.05, 4.69) is 41.9 Å². The Kier molecular flexibility index (Phi) is 3.87. The van der Waals surface area contributed by atoms with Crippen molar-refractivity contribution in [1.29, 1.82) is 0 Å². The van der Waals surface area contributed by atoms with Crippen molar-refractivity contribution in [3.63, 3.8) is 0 Å². The number of rotatable bonds is 4. The zero-order valence-electron chi connectivity index (χ0n) is 11.4. The Hall–Kier alpha value is -0.830. The molecule has 1 N–H and O–H groups in total. The van der Waals surface area contributed by atoms with E-state index >= 15 is 0 Å². The molecule has 1 aromatic rings. The molecule has 1 fully saturated rings. The Morgan fingerprint density at radius 2 is 2.12 bits per heavy atom. The summed E-state index contributed by atoms with van der Waals surface area (Å²) in [6.45, 7) is 8.82. The van der Waals surface area contributed by atoms with Gasteiger partial charge in [-0.15, -0.1) is 0 Å². The van der Waals surface area contributed by atoms with Gasteiger partial charge in [-0.3, -0.25) is 4.68 Å². The third-order valence-electron chi connectivity index (χ3n) is 4.02. The van der Waals surface area contributed by atoms with Gasteiger partial charge in [0.05, 0.1) is 5.69 Å². The largest absolute Gasteiger partial charge is 0.308 e. The fourth-order valence-corrected chi connectivity index (χ4v) is 2.65. The molecular formula is C14H25N3. The Bertz CT molecular complexity index is 344. The van der Waals surface area contributed by atoms with E-state index in [9.17, 15) is 0 Å². The summed E-state index contributed by atoms with van der Waals surface area (Å²) < 4.78 is 2.07. The second-order valence-corrected chi connectivity index (χ2v) is 5.96. The monoisotopic (exact) mass is 235 g/mol. The van der Waals surface area contributed by atoms with Crippen LogP contribution in [0, 0.1) is 5.41 Å². The summed E-state index contributed by atoms with van der Waals surface area (Å²) in [7, 11) is 0. The van der Waals surface area contributed by atoms with E-state index in [1.165, 1.54) is 31.4 Å². The highest BCUT2D eigenvalue weighted by atomic mass is 15.3. The average Bonchev–Trinajstić information content (AvgIpc) is 2.75. The van der Waals surface area contributed by atoms with Gasteiger partial charge in [-0.05, 0) is 44.1 Å². The third-order valence-corrected chi connectivity index (χ3v) is 4.02. The molecule has 0 aromatic carbocycles. The Morgan fingerprint density at radius 3 is 2.76 bits per heavy atom. The van der Waals surface area contributed by atoms with Crippen LogP contribution >= 0.6 is 0 Å². The maximum atomic E-state index is 4.30. The Morgan fingerprint density at radius 1 is 1.41 bits per heavy atom. The van der Waals surface area contributed by atoms with Crippen molar-refractivity contribution in [2.75, 3.05) is 0 Å². The minimum atomic E-state index is 0.559. The van der Waals surface area contributed by atoms with Crippen molar-refractivity contribution in [3.8, 4) is 0 Å². The smallest absolute Gasteiger partial charge is 0.0522 e. The van der Waals surface area contributed by atoms with Crippen LogP contribution in [-0.4, -0.2) is 15.8 Å². The predicted octanol–water partition coefficient (Wildman–Crippen LogP) is 2.96. The first-order valence-corrected chi connectivity index (χ1v) is 6.85. The number of nitrogens with zero attached hydrogens (tertiary/aromatic N) is 2. The second kappa shape index (κ2) is 5.21. The van der Waals surface area contributed by atoms with Gasteiger partial charge < -0.3 is 5.32 Å². The van der Waals surface area contributed by atoms with E-state index in [-0.39, 0.29) is 0 Å². The molecular weight excluding hydrogens is 210 g/mol. The molecule has 1 aliphatic carbocycles. The molecule has 0 saturated heterocycles. The lowest BCUT2D eigenvalue weighted by Crippen LogP contribution is -2.35. The van der Waals surface area contributed by atoms with Crippen LogP contribution in [0.25, 0.3) is 0 Å². The van der Waals surface area contributed by atoms with E-state index in [1.807, 2.05) is 6.20 Å². The van der Waals surface area contributed by atoms with E-state index < -0.39 is 0 Å². The molecule has 0 radical (unpaired) electrons. The summed E-state index contributed by atoms with van der Waals surface area (Å²) in [6, 6.07) is 2.81. The van der Waals surface area contributed by atoms with Crippen LogP contribution in [-0.2, 0) is 13.1 Å². The van der Waals surface area contributed by atoms with Crippen molar-refractivity contribution < 1.29 is 0 Å². The van der Waals surface area contributed by atoms with Crippen LogP contribution in [0.5, 0.6) is 0 Å². The lowest BCUT2D eigenvalue weighted by Gasteiger charge is -2.34. The van der Waals surface area contributed by atoms with Crippen LogP contribution < -0.4 is 5.32 Å². The maximum Gasteiger partial charge on any atom is 0.0522 e.